The molecule has 0 radical (unpaired) electrons. The van der Waals surface area contributed by atoms with Gasteiger partial charge in [-0.15, -0.1) is 0 Å². The second-order valence-corrected chi connectivity index (χ2v) is 22.9. The van der Waals surface area contributed by atoms with Crippen molar-refractivity contribution >= 4 is 399 Å². The van der Waals surface area contributed by atoms with E-state index in [-0.39, 0.29) is 0 Å². The summed E-state index contributed by atoms with van der Waals surface area (Å²) in [6.07, 6.45) is 0. The van der Waals surface area contributed by atoms with Gasteiger partial charge in [0, 0.05) is 0 Å². The van der Waals surface area contributed by atoms with Gasteiger partial charge in [0.15, 0.2) is 0 Å². The van der Waals surface area contributed by atoms with Crippen LogP contribution in [0.5, 0.6) is 0 Å². The molecule has 0 spiro atoms. The topological polar surface area (TPSA) is 0 Å². The first-order valence-corrected chi connectivity index (χ1v) is 26.1. The Labute approximate surface area is 442 Å². The third-order valence-electron chi connectivity index (χ3n) is 20.0. The third kappa shape index (κ3) is 6.37. The van der Waals surface area contributed by atoms with E-state index in [1.165, 1.54) is 229 Å². The Bertz CT molecular complexity index is 4020. The molecule has 26 heteroatoms. The SMILES string of the molecule is B=C(/C(B)=C(B)\C(=C(\B)C)c1c(B)c(B)c2c(B)c(B)c3c(B)c(B)c(B)c4c(B)c(B)c1c2c34)c1c(B)c(B)c(B)c(B)c1-c1c(B)c(B)c2c(B)c(B)c3c(B)c(B)c(B)c4c(B)c(B)c1c2c34. The second-order valence-electron chi connectivity index (χ2n) is 22.9. The number of rotatable bonds is 5. The van der Waals surface area contributed by atoms with E-state index in [4.69, 9.17) is 7.49 Å². The predicted molar refractivity (Wildman–Crippen MR) is 402 cm³/mol. The van der Waals surface area contributed by atoms with Gasteiger partial charge in [0.1, 0.15) is 0 Å². The van der Waals surface area contributed by atoms with E-state index in [0.29, 0.717) is 0 Å². The Balaban J connectivity index is 1.41. The normalized spacial score (nSPS) is 12.9. The predicted octanol–water partition coefficient (Wildman–Crippen LogP) is -30.2. The molecule has 0 aromatic heterocycles. The number of benzene rings is 9. The summed E-state index contributed by atoms with van der Waals surface area (Å²) >= 11 is 0. The molecule has 9 aromatic carbocycles. The van der Waals surface area contributed by atoms with Crippen LogP contribution in [-0.4, -0.2) is 209 Å². The van der Waals surface area contributed by atoms with E-state index < -0.39 is 0 Å². The second kappa shape index (κ2) is 17.1. The van der Waals surface area contributed by atoms with Crippen molar-refractivity contribution in [1.29, 1.82) is 0 Å². The molecule has 70 heavy (non-hydrogen) atoms. The van der Waals surface area contributed by atoms with Gasteiger partial charge in [0.2, 0.25) is 0 Å². The summed E-state index contributed by atoms with van der Waals surface area (Å²) in [6.45, 7) is 2.34. The van der Waals surface area contributed by atoms with Crippen LogP contribution in [0.1, 0.15) is 18.1 Å². The van der Waals surface area contributed by atoms with Crippen LogP contribution in [0.4, 0.5) is 0 Å². The molecule has 0 heterocycles. The van der Waals surface area contributed by atoms with Gasteiger partial charge >= 0.3 is 445 Å². The molecule has 0 bridgehead atoms. The van der Waals surface area contributed by atoms with Crippen molar-refractivity contribution in [2.45, 2.75) is 6.92 Å². The van der Waals surface area contributed by atoms with E-state index in [1.54, 1.807) is 0 Å². The van der Waals surface area contributed by atoms with Crippen LogP contribution in [0.15, 0.2) is 16.4 Å². The minimum atomic E-state index is 1.12. The molecule has 0 nitrogen and oxygen atoms in total. The van der Waals surface area contributed by atoms with Crippen LogP contribution in [0, 0.1) is 0 Å². The standard InChI is InChI=1S/C44H54B26/c1-2(45)3(8-9-4-6-15(28(54)22(9)48)34(60)41(67)36(62)17(6)32(58)30(56)13(4)26(52)21(8)47)20(46)40(66)38(64)19-12(25(51)43(69)44(70)39(19)65)11-10-5-7-16(29(55)23(10)49)35(61)42(68)37(63)18(7)33(59)31(57)14(5)27(53)24(11)50/h64H,45-63,65-70H2,1H3/b3-2+,40-20-. The van der Waals surface area contributed by atoms with Crippen LogP contribution in [0.2, 0.25) is 0 Å². The van der Waals surface area contributed by atoms with Crippen LogP contribution in [-0.2, 0) is 0 Å². The first-order valence-electron chi connectivity index (χ1n) is 26.1. The van der Waals surface area contributed by atoms with Crippen molar-refractivity contribution in [3.05, 3.63) is 27.5 Å². The van der Waals surface area contributed by atoms with E-state index >= 15 is 0 Å². The zero-order valence-electron chi connectivity index (χ0n) is 48.2. The Morgan fingerprint density at radius 1 is 0.243 bits per heavy atom. The summed E-state index contributed by atoms with van der Waals surface area (Å²) in [5.41, 5.74) is 42.5. The van der Waals surface area contributed by atoms with Gasteiger partial charge < -0.3 is 0 Å². The summed E-state index contributed by atoms with van der Waals surface area (Å²) in [4.78, 5) is 0. The monoisotopic (exact) mass is 869 g/mol. The average Bonchev–Trinajstić information content (AvgIpc) is 3.31. The fraction of sp³-hybridized carbons (Fsp3) is 0.0227. The summed E-state index contributed by atoms with van der Waals surface area (Å²) < 4.78 is 0. The molecule has 0 saturated carbocycles. The molecule has 0 fully saturated rings. The molecule has 0 N–H and O–H groups in total. The fourth-order valence-corrected chi connectivity index (χ4v) is 14.4. The minimum absolute atomic E-state index is 1.12. The molecule has 0 amide bonds. The zero-order chi connectivity index (χ0) is 51.8. The first-order chi connectivity index (χ1) is 32.6. The van der Waals surface area contributed by atoms with Gasteiger partial charge in [-0.25, -0.2) is 0 Å². The zero-order valence-corrected chi connectivity index (χ0v) is 48.2. The van der Waals surface area contributed by atoms with Gasteiger partial charge in [-0.2, -0.15) is 0 Å². The first kappa shape index (κ1) is 51.0. The molecule has 9 rings (SSSR count). The number of allylic oxidation sites excluding steroid dienone is 4. The van der Waals surface area contributed by atoms with Crippen molar-refractivity contribution in [3.63, 3.8) is 0 Å². The molecule has 0 saturated heterocycles. The molecule has 308 valence electrons. The molecule has 0 aliphatic carbocycles. The number of hydrogen-bond acceptors (Lipinski definition) is 0. The van der Waals surface area contributed by atoms with E-state index in [2.05, 4.69) is 203 Å². The van der Waals surface area contributed by atoms with Crippen molar-refractivity contribution < 1.29 is 0 Å². The Kier molecular flexibility index (Phi) is 12.5. The summed E-state index contributed by atoms with van der Waals surface area (Å²) in [5, 5.41) is 17.3. The Hall–Kier alpha value is -3.90. The Morgan fingerprint density at radius 2 is 0.486 bits per heavy atom. The summed E-state index contributed by atoms with van der Waals surface area (Å²) in [6, 6.07) is 0. The van der Waals surface area contributed by atoms with Crippen LogP contribution in [0.3, 0.4) is 0 Å². The fourth-order valence-electron chi connectivity index (χ4n) is 14.4. The van der Waals surface area contributed by atoms with Crippen LogP contribution < -0.4 is 120 Å². The summed E-state index contributed by atoms with van der Waals surface area (Å²) in [5.74, 6) is 0. The van der Waals surface area contributed by atoms with E-state index in [1.807, 2.05) is 0 Å². The van der Waals surface area contributed by atoms with Gasteiger partial charge in [-0.05, 0) is 0 Å². The molecule has 0 atom stereocenters. The van der Waals surface area contributed by atoms with Gasteiger partial charge in [0.05, 0.1) is 0 Å². The maximum atomic E-state index is 5.22. The van der Waals surface area contributed by atoms with Gasteiger partial charge in [-0.1, -0.05) is 0 Å². The molecule has 0 aliphatic rings. The maximum absolute atomic E-state index is 5.22. The van der Waals surface area contributed by atoms with E-state index in [0.717, 1.165) is 5.46 Å². The van der Waals surface area contributed by atoms with Crippen molar-refractivity contribution in [2.24, 2.45) is 0 Å². The Morgan fingerprint density at radius 3 is 0.871 bits per heavy atom. The van der Waals surface area contributed by atoms with Crippen molar-refractivity contribution in [1.82, 2.24) is 0 Å². The average molecular weight is 864 g/mol. The van der Waals surface area contributed by atoms with Crippen molar-refractivity contribution in [3.8, 4) is 11.1 Å². The summed E-state index contributed by atoms with van der Waals surface area (Å²) in [7, 11) is 64.5. The molecule has 0 aliphatic heterocycles. The molecule has 9 aromatic rings. The molecule has 0 unspecified atom stereocenters. The third-order valence-corrected chi connectivity index (χ3v) is 20.0. The quantitative estimate of drug-likeness (QED) is 0.0919. The molecular formula is C44H54B26. The van der Waals surface area contributed by atoms with E-state index in [9.17, 15) is 0 Å². The van der Waals surface area contributed by atoms with Gasteiger partial charge in [-0.3, -0.25) is 0 Å². The van der Waals surface area contributed by atoms with Crippen molar-refractivity contribution in [2.75, 3.05) is 0 Å². The van der Waals surface area contributed by atoms with Crippen LogP contribution in [0.25, 0.3) is 81.3 Å². The number of hydrogen-bond donors (Lipinski definition) is 0. The molecular weight excluding hydrogens is 810 g/mol. The van der Waals surface area contributed by atoms with Gasteiger partial charge in [0.25, 0.3) is 0 Å². The van der Waals surface area contributed by atoms with Crippen LogP contribution >= 0.6 is 0 Å².